The van der Waals surface area contributed by atoms with E-state index in [1.54, 1.807) is 18.2 Å². The molecule has 0 saturated carbocycles. The molecule has 15 heavy (non-hydrogen) atoms. The standard InChI is InChI=1S/C12H16O3/c13-11-8-5-4-7-10(11)6-2-1-3-9-12(14)15/h3-5,7-9,12-15H,1-2,6H2. The van der Waals surface area contributed by atoms with Crippen molar-refractivity contribution in [2.45, 2.75) is 25.6 Å². The molecule has 0 bridgehead atoms. The maximum Gasteiger partial charge on any atom is 0.171 e. The summed E-state index contributed by atoms with van der Waals surface area (Å²) < 4.78 is 0. The number of rotatable bonds is 5. The molecule has 0 unspecified atom stereocenters. The summed E-state index contributed by atoms with van der Waals surface area (Å²) in [4.78, 5) is 0. The fraction of sp³-hybridized carbons (Fsp3) is 0.333. The van der Waals surface area contributed by atoms with Crippen molar-refractivity contribution in [3.63, 3.8) is 0 Å². The molecule has 3 N–H and O–H groups in total. The topological polar surface area (TPSA) is 60.7 Å². The van der Waals surface area contributed by atoms with Crippen molar-refractivity contribution < 1.29 is 15.3 Å². The molecule has 0 saturated heterocycles. The van der Waals surface area contributed by atoms with Gasteiger partial charge in [0.25, 0.3) is 0 Å². The number of phenols is 1. The smallest absolute Gasteiger partial charge is 0.171 e. The molecule has 3 heteroatoms. The Morgan fingerprint density at radius 3 is 2.60 bits per heavy atom. The Kier molecular flexibility index (Phi) is 4.87. The van der Waals surface area contributed by atoms with Crippen LogP contribution in [0.15, 0.2) is 36.4 Å². The number of aliphatic hydroxyl groups is 2. The van der Waals surface area contributed by atoms with Gasteiger partial charge in [0.05, 0.1) is 0 Å². The van der Waals surface area contributed by atoms with E-state index in [9.17, 15) is 5.11 Å². The van der Waals surface area contributed by atoms with E-state index in [2.05, 4.69) is 0 Å². The Labute approximate surface area is 89.3 Å². The van der Waals surface area contributed by atoms with Crippen LogP contribution in [0.5, 0.6) is 5.75 Å². The Morgan fingerprint density at radius 1 is 1.20 bits per heavy atom. The average molecular weight is 208 g/mol. The van der Waals surface area contributed by atoms with Crippen molar-refractivity contribution in [1.29, 1.82) is 0 Å². The monoisotopic (exact) mass is 208 g/mol. The Hall–Kier alpha value is -1.32. The lowest BCUT2D eigenvalue weighted by atomic mass is 10.1. The molecule has 0 aliphatic carbocycles. The Balaban J connectivity index is 2.29. The summed E-state index contributed by atoms with van der Waals surface area (Å²) in [6, 6.07) is 7.24. The van der Waals surface area contributed by atoms with Crippen LogP contribution in [0, 0.1) is 0 Å². The van der Waals surface area contributed by atoms with Crippen molar-refractivity contribution in [1.82, 2.24) is 0 Å². The number of phenolic OH excluding ortho intramolecular Hbond substituents is 1. The molecule has 82 valence electrons. The second kappa shape index (κ2) is 6.22. The van der Waals surface area contributed by atoms with E-state index in [-0.39, 0.29) is 0 Å². The molecule has 0 fully saturated rings. The molecule has 0 radical (unpaired) electrons. The number of unbranched alkanes of at least 4 members (excludes halogenated alkanes) is 1. The number of aromatic hydroxyl groups is 1. The van der Waals surface area contributed by atoms with Crippen LogP contribution in [0.4, 0.5) is 0 Å². The minimum absolute atomic E-state index is 0.323. The van der Waals surface area contributed by atoms with E-state index in [1.165, 1.54) is 6.08 Å². The molecule has 1 rings (SSSR count). The normalized spacial score (nSPS) is 11.4. The predicted molar refractivity (Wildman–Crippen MR) is 58.4 cm³/mol. The first-order valence-corrected chi connectivity index (χ1v) is 5.00. The maximum absolute atomic E-state index is 9.46. The fourth-order valence-electron chi connectivity index (χ4n) is 1.35. The van der Waals surface area contributed by atoms with Crippen molar-refractivity contribution in [3.8, 4) is 5.75 Å². The summed E-state index contributed by atoms with van der Waals surface area (Å²) >= 11 is 0. The first-order valence-electron chi connectivity index (χ1n) is 5.00. The molecule has 0 spiro atoms. The zero-order chi connectivity index (χ0) is 11.1. The van der Waals surface area contributed by atoms with Crippen LogP contribution in [0.25, 0.3) is 0 Å². The van der Waals surface area contributed by atoms with Gasteiger partial charge in [0.1, 0.15) is 5.75 Å². The summed E-state index contributed by atoms with van der Waals surface area (Å²) in [7, 11) is 0. The van der Waals surface area contributed by atoms with Gasteiger partial charge in [-0.2, -0.15) is 0 Å². The molecular weight excluding hydrogens is 192 g/mol. The van der Waals surface area contributed by atoms with E-state index in [1.807, 2.05) is 12.1 Å². The van der Waals surface area contributed by atoms with Gasteiger partial charge in [-0.3, -0.25) is 0 Å². The molecule has 0 aromatic heterocycles. The summed E-state index contributed by atoms with van der Waals surface area (Å²) in [5, 5.41) is 26.5. The van der Waals surface area contributed by atoms with Crippen molar-refractivity contribution in [3.05, 3.63) is 42.0 Å². The molecule has 0 amide bonds. The highest BCUT2D eigenvalue weighted by molar-refractivity contribution is 5.31. The zero-order valence-electron chi connectivity index (χ0n) is 8.50. The van der Waals surface area contributed by atoms with Crippen LogP contribution < -0.4 is 0 Å². The average Bonchev–Trinajstić information content (AvgIpc) is 2.20. The van der Waals surface area contributed by atoms with Gasteiger partial charge in [-0.25, -0.2) is 0 Å². The number of hydrogen-bond acceptors (Lipinski definition) is 3. The number of aliphatic hydroxyl groups excluding tert-OH is 1. The van der Waals surface area contributed by atoms with Gasteiger partial charge in [-0.15, -0.1) is 0 Å². The van der Waals surface area contributed by atoms with E-state index >= 15 is 0 Å². The quantitative estimate of drug-likeness (QED) is 0.391. The van der Waals surface area contributed by atoms with Gasteiger partial charge in [0.2, 0.25) is 0 Å². The molecule has 0 aliphatic heterocycles. The van der Waals surface area contributed by atoms with Gasteiger partial charge >= 0.3 is 0 Å². The highest BCUT2D eigenvalue weighted by Gasteiger charge is 1.97. The number of hydrogen-bond donors (Lipinski definition) is 3. The van der Waals surface area contributed by atoms with Crippen LogP contribution in [0.2, 0.25) is 0 Å². The van der Waals surface area contributed by atoms with E-state index < -0.39 is 6.29 Å². The molecule has 0 aliphatic rings. The minimum Gasteiger partial charge on any atom is -0.508 e. The van der Waals surface area contributed by atoms with Gasteiger partial charge in [-0.05, 0) is 37.0 Å². The van der Waals surface area contributed by atoms with Crippen LogP contribution in [-0.4, -0.2) is 21.6 Å². The van der Waals surface area contributed by atoms with Crippen LogP contribution >= 0.6 is 0 Å². The van der Waals surface area contributed by atoms with Gasteiger partial charge < -0.3 is 15.3 Å². The van der Waals surface area contributed by atoms with E-state index in [0.717, 1.165) is 24.8 Å². The van der Waals surface area contributed by atoms with Crippen LogP contribution in [0.1, 0.15) is 18.4 Å². The number of aryl methyl sites for hydroxylation is 1. The summed E-state index contributed by atoms with van der Waals surface area (Å²) in [5.41, 5.74) is 0.926. The number of benzene rings is 1. The van der Waals surface area contributed by atoms with E-state index in [0.29, 0.717) is 5.75 Å². The third-order valence-electron chi connectivity index (χ3n) is 2.12. The lowest BCUT2D eigenvalue weighted by Crippen LogP contribution is -1.97. The highest BCUT2D eigenvalue weighted by Crippen LogP contribution is 2.17. The molecule has 0 atom stereocenters. The first kappa shape index (κ1) is 11.8. The van der Waals surface area contributed by atoms with Gasteiger partial charge in [0.15, 0.2) is 6.29 Å². The third-order valence-corrected chi connectivity index (χ3v) is 2.12. The van der Waals surface area contributed by atoms with Crippen LogP contribution in [0.3, 0.4) is 0 Å². The number of para-hydroxylation sites is 1. The minimum atomic E-state index is -1.37. The Morgan fingerprint density at radius 2 is 1.93 bits per heavy atom. The summed E-state index contributed by atoms with van der Waals surface area (Å²) in [6.45, 7) is 0. The highest BCUT2D eigenvalue weighted by atomic mass is 16.5. The predicted octanol–water partition coefficient (Wildman–Crippen LogP) is 1.58. The maximum atomic E-state index is 9.46. The number of allylic oxidation sites excluding steroid dienone is 1. The van der Waals surface area contributed by atoms with Gasteiger partial charge in [0, 0.05) is 0 Å². The Bertz CT molecular complexity index is 318. The van der Waals surface area contributed by atoms with Crippen molar-refractivity contribution >= 4 is 0 Å². The summed E-state index contributed by atoms with van der Waals surface area (Å²) in [6.07, 6.45) is 4.14. The largest absolute Gasteiger partial charge is 0.508 e. The second-order valence-corrected chi connectivity index (χ2v) is 3.36. The molecular formula is C12H16O3. The first-order chi connectivity index (χ1) is 7.20. The lowest BCUT2D eigenvalue weighted by molar-refractivity contribution is 0.00216. The second-order valence-electron chi connectivity index (χ2n) is 3.36. The molecule has 1 aromatic carbocycles. The van der Waals surface area contributed by atoms with Gasteiger partial charge in [-0.1, -0.05) is 24.3 Å². The van der Waals surface area contributed by atoms with E-state index in [4.69, 9.17) is 10.2 Å². The molecule has 0 heterocycles. The fourth-order valence-corrected chi connectivity index (χ4v) is 1.35. The van der Waals surface area contributed by atoms with Crippen molar-refractivity contribution in [2.24, 2.45) is 0 Å². The zero-order valence-corrected chi connectivity index (χ0v) is 8.50. The molecule has 3 nitrogen and oxygen atoms in total. The SMILES string of the molecule is Oc1ccccc1CCCC=CC(O)O. The molecule has 1 aromatic rings. The van der Waals surface area contributed by atoms with Crippen LogP contribution in [-0.2, 0) is 6.42 Å². The lowest BCUT2D eigenvalue weighted by Gasteiger charge is -2.02. The summed E-state index contributed by atoms with van der Waals surface area (Å²) in [5.74, 6) is 0.323. The van der Waals surface area contributed by atoms with Crippen molar-refractivity contribution in [2.75, 3.05) is 0 Å². The third kappa shape index (κ3) is 4.63.